The first-order valence-electron chi connectivity index (χ1n) is 5.92. The fourth-order valence-corrected chi connectivity index (χ4v) is 2.94. The van der Waals surface area contributed by atoms with E-state index in [1.54, 1.807) is 0 Å². The van der Waals surface area contributed by atoms with Gasteiger partial charge in [0.15, 0.2) is 0 Å². The monoisotopic (exact) mass is 199 g/mol. The van der Waals surface area contributed by atoms with Gasteiger partial charge in [-0.15, -0.1) is 0 Å². The summed E-state index contributed by atoms with van der Waals surface area (Å²) in [7, 11) is 0. The maximum absolute atomic E-state index is 3.70. The summed E-state index contributed by atoms with van der Waals surface area (Å²) >= 11 is 0. The van der Waals surface area contributed by atoms with Crippen molar-refractivity contribution in [3.63, 3.8) is 0 Å². The van der Waals surface area contributed by atoms with Crippen LogP contribution in [0.5, 0.6) is 0 Å². The van der Waals surface area contributed by atoms with Gasteiger partial charge in [-0.2, -0.15) is 0 Å². The third-order valence-electron chi connectivity index (χ3n) is 3.67. The van der Waals surface area contributed by atoms with Crippen LogP contribution in [-0.4, -0.2) is 6.54 Å². The third kappa shape index (κ3) is 1.42. The van der Waals surface area contributed by atoms with Gasteiger partial charge in [-0.25, -0.2) is 0 Å². The van der Waals surface area contributed by atoms with Crippen LogP contribution < -0.4 is 5.32 Å². The number of aryl methyl sites for hydroxylation is 1. The summed E-state index contributed by atoms with van der Waals surface area (Å²) < 4.78 is 0. The molecule has 1 atom stereocenters. The van der Waals surface area contributed by atoms with Crippen LogP contribution in [0.4, 0.5) is 0 Å². The van der Waals surface area contributed by atoms with Crippen molar-refractivity contribution in [3.05, 3.63) is 47.5 Å². The summed E-state index contributed by atoms with van der Waals surface area (Å²) in [5, 5.41) is 3.70. The zero-order valence-corrected chi connectivity index (χ0v) is 9.00. The van der Waals surface area contributed by atoms with Crippen molar-refractivity contribution in [2.24, 2.45) is 0 Å². The number of nitrogens with one attached hydrogen (secondary N) is 1. The molecule has 1 nitrogen and oxygen atoms in total. The average molecular weight is 199 g/mol. The molecule has 1 heteroatoms. The van der Waals surface area contributed by atoms with Crippen molar-refractivity contribution < 1.29 is 0 Å². The Kier molecular flexibility index (Phi) is 2.14. The Hall–Kier alpha value is -1.08. The first kappa shape index (κ1) is 9.17. The van der Waals surface area contributed by atoms with Gasteiger partial charge in [0, 0.05) is 0 Å². The predicted molar refractivity (Wildman–Crippen MR) is 62.8 cm³/mol. The van der Waals surface area contributed by atoms with E-state index in [-0.39, 0.29) is 5.54 Å². The normalized spacial score (nSPS) is 29.1. The molecular formula is C14H17N. The number of hydrogen-bond acceptors (Lipinski definition) is 1. The van der Waals surface area contributed by atoms with Crippen molar-refractivity contribution in [3.8, 4) is 0 Å². The quantitative estimate of drug-likeness (QED) is 0.633. The van der Waals surface area contributed by atoms with Crippen LogP contribution in [0.2, 0.25) is 0 Å². The molecule has 15 heavy (non-hydrogen) atoms. The minimum atomic E-state index is 0.160. The SMILES string of the molecule is C1=CC2(CCCc3ccccc32)NCC1. The van der Waals surface area contributed by atoms with E-state index in [2.05, 4.69) is 41.7 Å². The molecule has 0 radical (unpaired) electrons. The Balaban J connectivity index is 2.12. The van der Waals surface area contributed by atoms with Crippen LogP contribution in [0.15, 0.2) is 36.4 Å². The molecular weight excluding hydrogens is 182 g/mol. The molecule has 0 aromatic heterocycles. The lowest BCUT2D eigenvalue weighted by molar-refractivity contribution is 0.347. The van der Waals surface area contributed by atoms with E-state index in [4.69, 9.17) is 0 Å². The van der Waals surface area contributed by atoms with Crippen molar-refractivity contribution in [1.29, 1.82) is 0 Å². The van der Waals surface area contributed by atoms with Crippen molar-refractivity contribution >= 4 is 0 Å². The molecule has 1 aromatic carbocycles. The molecule has 1 N–H and O–H groups in total. The second-order valence-corrected chi connectivity index (χ2v) is 4.60. The van der Waals surface area contributed by atoms with E-state index in [1.807, 2.05) is 0 Å². The van der Waals surface area contributed by atoms with E-state index in [9.17, 15) is 0 Å². The second-order valence-electron chi connectivity index (χ2n) is 4.60. The smallest absolute Gasteiger partial charge is 0.0623 e. The lowest BCUT2D eigenvalue weighted by atomic mass is 9.75. The van der Waals surface area contributed by atoms with Crippen LogP contribution in [0, 0.1) is 0 Å². The topological polar surface area (TPSA) is 12.0 Å². The molecule has 0 fully saturated rings. The van der Waals surface area contributed by atoms with Gasteiger partial charge in [-0.3, -0.25) is 0 Å². The van der Waals surface area contributed by atoms with E-state index < -0.39 is 0 Å². The zero-order chi connectivity index (χ0) is 10.1. The highest BCUT2D eigenvalue weighted by Crippen LogP contribution is 2.37. The molecule has 0 saturated heterocycles. The zero-order valence-electron chi connectivity index (χ0n) is 9.00. The lowest BCUT2D eigenvalue weighted by Gasteiger charge is -2.39. The molecule has 78 valence electrons. The highest BCUT2D eigenvalue weighted by atomic mass is 15.0. The highest BCUT2D eigenvalue weighted by molar-refractivity contribution is 5.40. The summed E-state index contributed by atoms with van der Waals surface area (Å²) in [5.41, 5.74) is 3.20. The van der Waals surface area contributed by atoms with Crippen LogP contribution in [0.25, 0.3) is 0 Å². The number of rotatable bonds is 0. The van der Waals surface area contributed by atoms with Gasteiger partial charge in [-0.1, -0.05) is 36.4 Å². The number of fused-ring (bicyclic) bond motifs is 2. The first-order valence-corrected chi connectivity index (χ1v) is 5.92. The fourth-order valence-electron chi connectivity index (χ4n) is 2.94. The Bertz CT molecular complexity index is 394. The first-order chi connectivity index (χ1) is 7.41. The van der Waals surface area contributed by atoms with Crippen molar-refractivity contribution in [1.82, 2.24) is 5.32 Å². The van der Waals surface area contributed by atoms with Gasteiger partial charge in [0.2, 0.25) is 0 Å². The van der Waals surface area contributed by atoms with Gasteiger partial charge in [0.05, 0.1) is 5.54 Å². The van der Waals surface area contributed by atoms with E-state index in [0.29, 0.717) is 0 Å². The van der Waals surface area contributed by atoms with Crippen LogP contribution in [0.1, 0.15) is 30.4 Å². The second kappa shape index (κ2) is 3.49. The minimum absolute atomic E-state index is 0.160. The molecule has 0 amide bonds. The molecule has 1 aliphatic heterocycles. The van der Waals surface area contributed by atoms with Crippen molar-refractivity contribution in [2.45, 2.75) is 31.2 Å². The molecule has 1 aliphatic carbocycles. The van der Waals surface area contributed by atoms with Crippen LogP contribution in [0.3, 0.4) is 0 Å². The Morgan fingerprint density at radius 2 is 2.13 bits per heavy atom. The molecule has 1 unspecified atom stereocenters. The summed E-state index contributed by atoms with van der Waals surface area (Å²) in [4.78, 5) is 0. The van der Waals surface area contributed by atoms with Crippen molar-refractivity contribution in [2.75, 3.05) is 6.54 Å². The Morgan fingerprint density at radius 3 is 3.00 bits per heavy atom. The molecule has 0 bridgehead atoms. The molecule has 1 spiro atoms. The molecule has 1 heterocycles. The van der Waals surface area contributed by atoms with Crippen LogP contribution in [-0.2, 0) is 12.0 Å². The average Bonchev–Trinajstić information content (AvgIpc) is 2.31. The predicted octanol–water partition coefficient (Wildman–Crippen LogP) is 2.77. The summed E-state index contributed by atoms with van der Waals surface area (Å²) in [5.74, 6) is 0. The third-order valence-corrected chi connectivity index (χ3v) is 3.67. The van der Waals surface area contributed by atoms with E-state index >= 15 is 0 Å². The Labute approximate surface area is 91.2 Å². The molecule has 2 aliphatic rings. The summed E-state index contributed by atoms with van der Waals surface area (Å²) in [6.07, 6.45) is 9.68. The fraction of sp³-hybridized carbons (Fsp3) is 0.429. The van der Waals surface area contributed by atoms with E-state index in [1.165, 1.54) is 36.8 Å². The van der Waals surface area contributed by atoms with Crippen LogP contribution >= 0.6 is 0 Å². The number of benzene rings is 1. The minimum Gasteiger partial charge on any atom is -0.304 e. The molecule has 3 rings (SSSR count). The lowest BCUT2D eigenvalue weighted by Crippen LogP contribution is -2.45. The largest absolute Gasteiger partial charge is 0.304 e. The van der Waals surface area contributed by atoms with Gasteiger partial charge >= 0.3 is 0 Å². The Morgan fingerprint density at radius 1 is 1.20 bits per heavy atom. The van der Waals surface area contributed by atoms with Gasteiger partial charge in [0.25, 0.3) is 0 Å². The molecule has 1 aromatic rings. The van der Waals surface area contributed by atoms with Gasteiger partial charge < -0.3 is 5.32 Å². The van der Waals surface area contributed by atoms with Gasteiger partial charge in [-0.05, 0) is 43.4 Å². The standard InChI is InChI=1S/C14H17N/c1-2-8-13-12(6-1)7-5-10-14(13)9-3-4-11-15-14/h1-3,6,8-9,15H,4-5,7,10-11H2. The number of hydrogen-bond donors (Lipinski definition) is 1. The molecule has 0 saturated carbocycles. The summed E-state index contributed by atoms with van der Waals surface area (Å²) in [6.45, 7) is 1.12. The maximum Gasteiger partial charge on any atom is 0.0623 e. The maximum atomic E-state index is 3.70. The highest BCUT2D eigenvalue weighted by Gasteiger charge is 2.34. The summed E-state index contributed by atoms with van der Waals surface area (Å²) in [6, 6.07) is 8.89. The van der Waals surface area contributed by atoms with Gasteiger partial charge in [0.1, 0.15) is 0 Å². The van der Waals surface area contributed by atoms with E-state index in [0.717, 1.165) is 6.54 Å².